The number of aliphatic hydroxyl groups is 1. The summed E-state index contributed by atoms with van der Waals surface area (Å²) in [4.78, 5) is 44.9. The van der Waals surface area contributed by atoms with Gasteiger partial charge >= 0.3 is 19.8 Å². The fourth-order valence-electron chi connectivity index (χ4n) is 4.65. The fourth-order valence-corrected chi connectivity index (χ4v) is 5.42. The Kier molecular flexibility index (Phi) is 27.9. The SMILES string of the molecule is CCCCCCCCCCCCCCCCCCCCC(=O)NC(COP(=O)(O)OCC(O)COC(=O)CCCC)C(=O)O. The van der Waals surface area contributed by atoms with Gasteiger partial charge in [-0.15, -0.1) is 0 Å². The van der Waals surface area contributed by atoms with Crippen LogP contribution in [0.3, 0.4) is 0 Å². The fraction of sp³-hybridized carbons (Fsp3) is 0.906. The van der Waals surface area contributed by atoms with Crippen LogP contribution in [0.25, 0.3) is 0 Å². The predicted molar refractivity (Wildman–Crippen MR) is 171 cm³/mol. The van der Waals surface area contributed by atoms with E-state index in [-0.39, 0.29) is 12.8 Å². The summed E-state index contributed by atoms with van der Waals surface area (Å²) in [5.74, 6) is -2.40. The smallest absolute Gasteiger partial charge is 0.472 e. The second-order valence-electron chi connectivity index (χ2n) is 11.7. The van der Waals surface area contributed by atoms with Gasteiger partial charge in [-0.1, -0.05) is 129 Å². The van der Waals surface area contributed by atoms with Crippen molar-refractivity contribution in [2.75, 3.05) is 19.8 Å². The molecule has 0 aliphatic carbocycles. The number of carboxylic acid groups (broad SMARTS) is 1. The van der Waals surface area contributed by atoms with Crippen molar-refractivity contribution in [1.82, 2.24) is 5.32 Å². The summed E-state index contributed by atoms with van der Waals surface area (Å²) in [5.41, 5.74) is 0. The Balaban J connectivity index is 3.86. The molecule has 0 rings (SSSR count). The molecule has 0 heterocycles. The van der Waals surface area contributed by atoms with Crippen molar-refractivity contribution in [3.8, 4) is 0 Å². The number of rotatable bonds is 32. The minimum atomic E-state index is -4.72. The monoisotopic (exact) mass is 651 g/mol. The van der Waals surface area contributed by atoms with Crippen LogP contribution in [0, 0.1) is 0 Å². The molecule has 0 saturated carbocycles. The molecule has 3 atom stereocenters. The summed E-state index contributed by atoms with van der Waals surface area (Å²) in [6, 6.07) is -1.54. The first kappa shape index (κ1) is 42.5. The van der Waals surface area contributed by atoms with Crippen LogP contribution in [-0.4, -0.2) is 64.9 Å². The maximum Gasteiger partial charge on any atom is 0.472 e. The number of amides is 1. The standard InChI is InChI=1S/C32H62NO10P/c1-3-5-7-8-9-10-11-12-13-14-15-16-17-18-19-20-21-22-23-30(35)33-29(32(37)38)27-43-44(39,40)42-26-28(34)25-41-31(36)24-6-4-2/h28-29,34H,3-27H2,1-2H3,(H,33,35)(H,37,38)(H,39,40). The van der Waals surface area contributed by atoms with E-state index >= 15 is 0 Å². The number of unbranched alkanes of at least 4 members (excludes halogenated alkanes) is 18. The number of aliphatic carboxylic acids is 1. The lowest BCUT2D eigenvalue weighted by atomic mass is 10.0. The van der Waals surface area contributed by atoms with E-state index in [1.54, 1.807) is 0 Å². The Morgan fingerprint density at radius 1 is 0.636 bits per heavy atom. The first-order valence-electron chi connectivity index (χ1n) is 17.1. The number of carbonyl (C=O) groups excluding carboxylic acids is 2. The van der Waals surface area contributed by atoms with Gasteiger partial charge < -0.3 is 25.2 Å². The van der Waals surface area contributed by atoms with E-state index in [1.807, 2.05) is 6.92 Å². The van der Waals surface area contributed by atoms with Gasteiger partial charge in [0.2, 0.25) is 5.91 Å². The molecule has 4 N–H and O–H groups in total. The van der Waals surface area contributed by atoms with Crippen LogP contribution in [0.4, 0.5) is 0 Å². The summed E-state index contributed by atoms with van der Waals surface area (Å²) in [7, 11) is -4.72. The van der Waals surface area contributed by atoms with Gasteiger partial charge in [-0.05, 0) is 12.8 Å². The van der Waals surface area contributed by atoms with Gasteiger partial charge in [-0.25, -0.2) is 9.36 Å². The van der Waals surface area contributed by atoms with Crippen molar-refractivity contribution < 1.29 is 47.8 Å². The van der Waals surface area contributed by atoms with Crippen LogP contribution in [0.15, 0.2) is 0 Å². The Morgan fingerprint density at radius 3 is 1.52 bits per heavy atom. The topological polar surface area (TPSA) is 169 Å². The number of aliphatic hydroxyl groups excluding tert-OH is 1. The second kappa shape index (κ2) is 28.9. The highest BCUT2D eigenvalue weighted by Crippen LogP contribution is 2.43. The van der Waals surface area contributed by atoms with Crippen LogP contribution in [0.5, 0.6) is 0 Å². The summed E-state index contributed by atoms with van der Waals surface area (Å²) >= 11 is 0. The van der Waals surface area contributed by atoms with Crippen molar-refractivity contribution in [2.45, 2.75) is 167 Å². The van der Waals surface area contributed by atoms with Gasteiger partial charge in [-0.3, -0.25) is 18.6 Å². The molecule has 0 bridgehead atoms. The number of hydrogen-bond donors (Lipinski definition) is 4. The van der Waals surface area contributed by atoms with Crippen molar-refractivity contribution in [1.29, 1.82) is 0 Å². The lowest BCUT2D eigenvalue weighted by molar-refractivity contribution is -0.147. The molecule has 3 unspecified atom stereocenters. The average Bonchev–Trinajstić information content (AvgIpc) is 2.99. The molecular weight excluding hydrogens is 589 g/mol. The number of phosphoric ester groups is 1. The highest BCUT2D eigenvalue weighted by molar-refractivity contribution is 7.47. The van der Waals surface area contributed by atoms with Gasteiger partial charge in [-0.2, -0.15) is 0 Å². The number of phosphoric acid groups is 1. The predicted octanol–water partition coefficient (Wildman–Crippen LogP) is 7.22. The molecule has 0 aromatic carbocycles. The van der Waals surface area contributed by atoms with E-state index in [4.69, 9.17) is 9.26 Å². The Labute approximate surface area is 265 Å². The van der Waals surface area contributed by atoms with Gasteiger partial charge in [0.1, 0.15) is 12.7 Å². The minimum absolute atomic E-state index is 0.152. The molecule has 260 valence electrons. The Hall–Kier alpha value is -1.52. The molecule has 0 aliphatic heterocycles. The number of carbonyl (C=O) groups is 3. The lowest BCUT2D eigenvalue weighted by Crippen LogP contribution is -2.43. The third-order valence-corrected chi connectivity index (χ3v) is 8.35. The van der Waals surface area contributed by atoms with Crippen molar-refractivity contribution >= 4 is 25.7 Å². The van der Waals surface area contributed by atoms with Gasteiger partial charge in [0.15, 0.2) is 6.04 Å². The van der Waals surface area contributed by atoms with Crippen LogP contribution < -0.4 is 5.32 Å². The number of nitrogens with one attached hydrogen (secondary N) is 1. The van der Waals surface area contributed by atoms with Crippen LogP contribution in [0.1, 0.15) is 155 Å². The average molecular weight is 652 g/mol. The molecule has 1 amide bonds. The highest BCUT2D eigenvalue weighted by atomic mass is 31.2. The molecule has 0 radical (unpaired) electrons. The zero-order chi connectivity index (χ0) is 32.9. The number of esters is 1. The Morgan fingerprint density at radius 2 is 1.07 bits per heavy atom. The van der Waals surface area contributed by atoms with Gasteiger partial charge in [0, 0.05) is 12.8 Å². The Bertz CT molecular complexity index is 782. The zero-order valence-electron chi connectivity index (χ0n) is 27.5. The van der Waals surface area contributed by atoms with E-state index in [1.165, 1.54) is 89.9 Å². The maximum atomic E-state index is 12.2. The number of ether oxygens (including phenoxy) is 1. The largest absolute Gasteiger partial charge is 0.480 e. The molecule has 0 aliphatic rings. The summed E-state index contributed by atoms with van der Waals surface area (Å²) in [6.07, 6.45) is 22.8. The molecule has 12 heteroatoms. The summed E-state index contributed by atoms with van der Waals surface area (Å²) in [5, 5.41) is 21.4. The van der Waals surface area contributed by atoms with E-state index in [0.717, 1.165) is 25.7 Å². The van der Waals surface area contributed by atoms with Crippen molar-refractivity contribution in [2.24, 2.45) is 0 Å². The first-order chi connectivity index (χ1) is 21.1. The third kappa shape index (κ3) is 28.0. The molecule has 44 heavy (non-hydrogen) atoms. The number of carboxylic acids is 1. The van der Waals surface area contributed by atoms with E-state index in [9.17, 15) is 34.1 Å². The molecule has 0 fully saturated rings. The molecule has 0 spiro atoms. The molecule has 0 aromatic heterocycles. The first-order valence-corrected chi connectivity index (χ1v) is 18.6. The van der Waals surface area contributed by atoms with Crippen molar-refractivity contribution in [3.63, 3.8) is 0 Å². The van der Waals surface area contributed by atoms with E-state index in [2.05, 4.69) is 16.8 Å². The lowest BCUT2D eigenvalue weighted by Gasteiger charge is -2.18. The molecular formula is C32H62NO10P. The molecule has 11 nitrogen and oxygen atoms in total. The summed E-state index contributed by atoms with van der Waals surface area (Å²) in [6.45, 7) is 2.28. The quantitative estimate of drug-likeness (QED) is 0.0331. The number of hydrogen-bond acceptors (Lipinski definition) is 8. The van der Waals surface area contributed by atoms with Gasteiger partial charge in [0.25, 0.3) is 0 Å². The van der Waals surface area contributed by atoms with Crippen LogP contribution in [-0.2, 0) is 32.7 Å². The minimum Gasteiger partial charge on any atom is -0.480 e. The highest BCUT2D eigenvalue weighted by Gasteiger charge is 2.28. The zero-order valence-corrected chi connectivity index (χ0v) is 28.4. The summed E-state index contributed by atoms with van der Waals surface area (Å²) < 4.78 is 26.2. The molecule has 0 aromatic rings. The van der Waals surface area contributed by atoms with Crippen LogP contribution in [0.2, 0.25) is 0 Å². The second-order valence-corrected chi connectivity index (χ2v) is 13.2. The maximum absolute atomic E-state index is 12.2. The normalized spacial score (nSPS) is 14.1. The third-order valence-electron chi connectivity index (χ3n) is 7.40. The van der Waals surface area contributed by atoms with Gasteiger partial charge in [0.05, 0.1) is 13.2 Å². The van der Waals surface area contributed by atoms with E-state index < -0.39 is 57.6 Å². The molecule has 0 saturated heterocycles. The van der Waals surface area contributed by atoms with E-state index in [0.29, 0.717) is 12.8 Å². The van der Waals surface area contributed by atoms with Crippen LogP contribution >= 0.6 is 7.82 Å². The van der Waals surface area contributed by atoms with Crippen molar-refractivity contribution in [3.05, 3.63) is 0 Å².